The van der Waals surface area contributed by atoms with E-state index in [1.807, 2.05) is 28.4 Å². The van der Waals surface area contributed by atoms with Gasteiger partial charge in [-0.2, -0.15) is 16.9 Å². The highest BCUT2D eigenvalue weighted by Crippen LogP contribution is 2.26. The molecule has 1 aromatic heterocycles. The lowest BCUT2D eigenvalue weighted by molar-refractivity contribution is 0.0764. The van der Waals surface area contributed by atoms with Gasteiger partial charge in [0.15, 0.2) is 5.69 Å². The fourth-order valence-corrected chi connectivity index (χ4v) is 4.90. The van der Waals surface area contributed by atoms with Gasteiger partial charge in [-0.15, -0.1) is 0 Å². The van der Waals surface area contributed by atoms with Crippen molar-refractivity contribution in [3.63, 3.8) is 0 Å². The molecule has 0 spiro atoms. The molecule has 1 aliphatic carbocycles. The molecule has 1 N–H and O–H groups in total. The molecule has 0 unspecified atom stereocenters. The van der Waals surface area contributed by atoms with Crippen LogP contribution in [0.3, 0.4) is 0 Å². The van der Waals surface area contributed by atoms with Crippen molar-refractivity contribution in [3.8, 4) is 0 Å². The molecule has 1 fully saturated rings. The van der Waals surface area contributed by atoms with Crippen molar-refractivity contribution in [1.82, 2.24) is 20.0 Å². The van der Waals surface area contributed by atoms with Crippen molar-refractivity contribution in [1.29, 1.82) is 0 Å². The fourth-order valence-electron chi connectivity index (χ4n) is 4.00. The monoisotopic (exact) mass is 406 g/mol. The molecule has 0 radical (unpaired) electrons. The van der Waals surface area contributed by atoms with Crippen LogP contribution in [-0.4, -0.2) is 51.2 Å². The van der Waals surface area contributed by atoms with E-state index in [0.717, 1.165) is 48.7 Å². The van der Waals surface area contributed by atoms with Crippen molar-refractivity contribution in [2.45, 2.75) is 31.8 Å². The zero-order chi connectivity index (χ0) is 19.7. The minimum Gasteiger partial charge on any atom is -0.336 e. The molecule has 2 aromatic rings. The summed E-state index contributed by atoms with van der Waals surface area (Å²) in [5, 5.41) is 7.79. The Morgan fingerprint density at radius 3 is 2.71 bits per heavy atom. The van der Waals surface area contributed by atoms with E-state index in [9.17, 15) is 13.6 Å². The fraction of sp³-hybridized carbons (Fsp3) is 0.500. The SMILES string of the molecule is Cn1nc(C(=O)N2CCSCC2)c2c1CC[C@@H](NCc1c(F)cccc1F)C2. The topological polar surface area (TPSA) is 50.2 Å². The maximum absolute atomic E-state index is 13.9. The van der Waals surface area contributed by atoms with Gasteiger partial charge in [-0.25, -0.2) is 8.78 Å². The van der Waals surface area contributed by atoms with E-state index in [-0.39, 0.29) is 24.1 Å². The first-order valence-corrected chi connectivity index (χ1v) is 10.8. The van der Waals surface area contributed by atoms with Gasteiger partial charge in [0.2, 0.25) is 0 Å². The van der Waals surface area contributed by atoms with E-state index in [4.69, 9.17) is 0 Å². The Labute approximate surface area is 167 Å². The number of carbonyl (C=O) groups is 1. The first-order valence-electron chi connectivity index (χ1n) is 9.62. The van der Waals surface area contributed by atoms with E-state index in [1.165, 1.54) is 18.2 Å². The molecule has 2 heterocycles. The van der Waals surface area contributed by atoms with Crippen molar-refractivity contribution >= 4 is 17.7 Å². The lowest BCUT2D eigenvalue weighted by Gasteiger charge is -2.27. The summed E-state index contributed by atoms with van der Waals surface area (Å²) in [6.45, 7) is 1.64. The Balaban J connectivity index is 1.49. The molecule has 8 heteroatoms. The molecule has 1 aromatic carbocycles. The number of hydrogen-bond acceptors (Lipinski definition) is 4. The molecule has 1 saturated heterocycles. The highest BCUT2D eigenvalue weighted by atomic mass is 32.2. The molecule has 150 valence electrons. The quantitative estimate of drug-likeness (QED) is 0.848. The van der Waals surface area contributed by atoms with E-state index in [2.05, 4.69) is 10.4 Å². The number of halogens is 2. The second-order valence-corrected chi connectivity index (χ2v) is 8.55. The number of fused-ring (bicyclic) bond motifs is 1. The van der Waals surface area contributed by atoms with Crippen LogP contribution < -0.4 is 5.32 Å². The van der Waals surface area contributed by atoms with Crippen molar-refractivity contribution in [3.05, 3.63) is 52.3 Å². The summed E-state index contributed by atoms with van der Waals surface area (Å²) in [6.07, 6.45) is 2.28. The van der Waals surface area contributed by atoms with Crippen LogP contribution in [0.1, 0.15) is 33.7 Å². The van der Waals surface area contributed by atoms with Gasteiger partial charge in [0.25, 0.3) is 5.91 Å². The van der Waals surface area contributed by atoms with Crippen molar-refractivity contribution < 1.29 is 13.6 Å². The van der Waals surface area contributed by atoms with Crippen molar-refractivity contribution in [2.24, 2.45) is 7.05 Å². The molecular weight excluding hydrogens is 382 g/mol. The second kappa shape index (κ2) is 8.21. The Morgan fingerprint density at radius 1 is 1.29 bits per heavy atom. The van der Waals surface area contributed by atoms with Gasteiger partial charge >= 0.3 is 0 Å². The lowest BCUT2D eigenvalue weighted by atomic mass is 9.91. The lowest BCUT2D eigenvalue weighted by Crippen LogP contribution is -2.39. The van der Waals surface area contributed by atoms with Gasteiger partial charge in [0.05, 0.1) is 0 Å². The average molecular weight is 407 g/mol. The molecule has 0 saturated carbocycles. The summed E-state index contributed by atoms with van der Waals surface area (Å²) < 4.78 is 29.6. The van der Waals surface area contributed by atoms with Crippen LogP contribution in [0.2, 0.25) is 0 Å². The van der Waals surface area contributed by atoms with Crippen LogP contribution in [0.15, 0.2) is 18.2 Å². The van der Waals surface area contributed by atoms with E-state index >= 15 is 0 Å². The average Bonchev–Trinajstić information content (AvgIpc) is 3.04. The first-order chi connectivity index (χ1) is 13.5. The molecular formula is C20H24F2N4OS. The molecule has 5 nitrogen and oxygen atoms in total. The van der Waals surface area contributed by atoms with Gasteiger partial charge in [-0.1, -0.05) is 6.07 Å². The van der Waals surface area contributed by atoms with Crippen molar-refractivity contribution in [2.75, 3.05) is 24.6 Å². The van der Waals surface area contributed by atoms with Crippen LogP contribution in [0.4, 0.5) is 8.78 Å². The molecule has 0 bridgehead atoms. The van der Waals surface area contributed by atoms with Crippen LogP contribution >= 0.6 is 11.8 Å². The van der Waals surface area contributed by atoms with Gasteiger partial charge < -0.3 is 10.2 Å². The number of hydrogen-bond donors (Lipinski definition) is 1. The number of carbonyl (C=O) groups excluding carboxylic acids is 1. The highest BCUT2D eigenvalue weighted by Gasteiger charge is 2.31. The Bertz CT molecular complexity index is 859. The normalized spacial score (nSPS) is 19.5. The third-order valence-electron chi connectivity index (χ3n) is 5.59. The highest BCUT2D eigenvalue weighted by molar-refractivity contribution is 7.99. The number of thioether (sulfide) groups is 1. The van der Waals surface area contributed by atoms with Crippen LogP contribution in [0, 0.1) is 11.6 Å². The van der Waals surface area contributed by atoms with Gasteiger partial charge in [0, 0.05) is 61.1 Å². The summed E-state index contributed by atoms with van der Waals surface area (Å²) in [4.78, 5) is 14.9. The first kappa shape index (κ1) is 19.4. The maximum atomic E-state index is 13.9. The van der Waals surface area contributed by atoms with E-state index < -0.39 is 11.6 Å². The predicted molar refractivity (Wildman–Crippen MR) is 105 cm³/mol. The van der Waals surface area contributed by atoms with Gasteiger partial charge in [-0.3, -0.25) is 9.48 Å². The summed E-state index contributed by atoms with van der Waals surface area (Å²) in [5.41, 5.74) is 2.66. The molecule has 28 heavy (non-hydrogen) atoms. The third-order valence-corrected chi connectivity index (χ3v) is 6.53. The number of nitrogens with zero attached hydrogens (tertiary/aromatic N) is 3. The number of benzene rings is 1. The van der Waals surface area contributed by atoms with E-state index in [1.54, 1.807) is 0 Å². The van der Waals surface area contributed by atoms with E-state index in [0.29, 0.717) is 12.1 Å². The molecule has 2 aliphatic rings. The number of amides is 1. The summed E-state index contributed by atoms with van der Waals surface area (Å²) >= 11 is 1.86. The standard InChI is InChI=1S/C20H24F2N4OS/c1-25-18-6-5-13(23-12-15-16(21)3-2-4-17(15)22)11-14(18)19(24-25)20(27)26-7-9-28-10-8-26/h2-4,13,23H,5-12H2,1H3/t13-/m1/s1. The van der Waals surface area contributed by atoms with Crippen LogP contribution in [0.5, 0.6) is 0 Å². The zero-order valence-electron chi connectivity index (χ0n) is 15.9. The molecule has 1 aliphatic heterocycles. The summed E-state index contributed by atoms with van der Waals surface area (Å²) in [5.74, 6) is 0.838. The second-order valence-electron chi connectivity index (χ2n) is 7.32. The van der Waals surface area contributed by atoms with Gasteiger partial charge in [0.1, 0.15) is 11.6 Å². The third kappa shape index (κ3) is 3.80. The Hall–Kier alpha value is -1.93. The van der Waals surface area contributed by atoms with Gasteiger partial charge in [-0.05, 0) is 31.4 Å². The summed E-state index contributed by atoms with van der Waals surface area (Å²) in [7, 11) is 1.88. The zero-order valence-corrected chi connectivity index (χ0v) is 16.7. The minimum absolute atomic E-state index is 0.00190. The molecule has 1 atom stereocenters. The van der Waals surface area contributed by atoms with Crippen LogP contribution in [-0.2, 0) is 26.4 Å². The number of aromatic nitrogens is 2. The predicted octanol–water partition coefficient (Wildman–Crippen LogP) is 2.53. The minimum atomic E-state index is -0.538. The van der Waals surface area contributed by atoms with Crippen LogP contribution in [0.25, 0.3) is 0 Å². The molecule has 1 amide bonds. The Kier molecular flexibility index (Phi) is 5.68. The molecule has 4 rings (SSSR count). The Morgan fingerprint density at radius 2 is 2.00 bits per heavy atom. The largest absolute Gasteiger partial charge is 0.336 e. The number of aryl methyl sites for hydroxylation is 1. The smallest absolute Gasteiger partial charge is 0.274 e. The maximum Gasteiger partial charge on any atom is 0.274 e. The number of nitrogens with one attached hydrogen (secondary N) is 1. The summed E-state index contributed by atoms with van der Waals surface area (Å²) in [6, 6.07) is 3.97. The number of rotatable bonds is 4.